The van der Waals surface area contributed by atoms with Crippen LogP contribution >= 0.6 is 11.8 Å². The number of rotatable bonds is 3. The predicted molar refractivity (Wildman–Crippen MR) is 88.6 cm³/mol. The molecule has 3 rings (SSSR count). The average Bonchev–Trinajstić information content (AvgIpc) is 2.54. The van der Waals surface area contributed by atoms with Crippen LogP contribution in [0.3, 0.4) is 0 Å². The Balaban J connectivity index is 2.18. The molecule has 0 spiro atoms. The van der Waals surface area contributed by atoms with E-state index in [1.807, 2.05) is 0 Å². The van der Waals surface area contributed by atoms with Crippen LogP contribution < -0.4 is 11.2 Å². The Bertz CT molecular complexity index is 859. The number of H-pyrrole nitrogens is 1. The number of carbonyl (C=O) groups excluding carboxylic acids is 2. The van der Waals surface area contributed by atoms with Crippen molar-refractivity contribution in [1.29, 1.82) is 0 Å². The fourth-order valence-corrected chi connectivity index (χ4v) is 3.89. The lowest BCUT2D eigenvalue weighted by molar-refractivity contribution is -0.119. The van der Waals surface area contributed by atoms with Crippen molar-refractivity contribution in [3.63, 3.8) is 0 Å². The molecule has 120 valence electrons. The first kappa shape index (κ1) is 15.6. The number of amides is 1. The number of thioether (sulfide) groups is 1. The highest BCUT2D eigenvalue weighted by atomic mass is 32.2. The van der Waals surface area contributed by atoms with Crippen molar-refractivity contribution in [2.75, 3.05) is 12.4 Å². The third kappa shape index (κ3) is 2.72. The van der Waals surface area contributed by atoms with Gasteiger partial charge in [-0.2, -0.15) is 11.8 Å². The first-order chi connectivity index (χ1) is 11.0. The smallest absolute Gasteiger partial charge is 0.338 e. The summed E-state index contributed by atoms with van der Waals surface area (Å²) in [5, 5.41) is 0.417. The molecule has 1 aliphatic heterocycles. The molecule has 0 fully saturated rings. The Kier molecular flexibility index (Phi) is 4.12. The number of pyridine rings is 1. The molecule has 0 radical (unpaired) electrons. The Morgan fingerprint density at radius 3 is 2.91 bits per heavy atom. The summed E-state index contributed by atoms with van der Waals surface area (Å²) in [5.41, 5.74) is 7.34. The lowest BCUT2D eigenvalue weighted by Gasteiger charge is -2.22. The number of hydrogen-bond donors (Lipinski definition) is 2. The Hall–Kier alpha value is -2.28. The number of nitrogens with two attached hydrogens (primary N) is 1. The second-order valence-electron chi connectivity index (χ2n) is 5.30. The van der Waals surface area contributed by atoms with Crippen LogP contribution in [-0.2, 0) is 15.3 Å². The number of ether oxygens (including phenoxy) is 1. The second-order valence-corrected chi connectivity index (χ2v) is 6.33. The molecule has 1 amide bonds. The molecule has 0 aliphatic carbocycles. The maximum absolute atomic E-state index is 12.7. The zero-order valence-corrected chi connectivity index (χ0v) is 13.4. The number of nitrogens with one attached hydrogen (secondary N) is 1. The van der Waals surface area contributed by atoms with E-state index < -0.39 is 17.8 Å². The second kappa shape index (κ2) is 6.08. The average molecular weight is 332 g/mol. The van der Waals surface area contributed by atoms with Crippen molar-refractivity contribution >= 4 is 34.5 Å². The number of aromatic amines is 1. The molecule has 6 nitrogen and oxygen atoms in total. The molecule has 1 aromatic carbocycles. The van der Waals surface area contributed by atoms with E-state index in [1.165, 1.54) is 17.8 Å². The van der Waals surface area contributed by atoms with Crippen molar-refractivity contribution in [1.82, 2.24) is 4.98 Å². The topological polar surface area (TPSA) is 102 Å². The van der Waals surface area contributed by atoms with Crippen molar-refractivity contribution in [3.8, 4) is 0 Å². The SMILES string of the molecule is CCOC(=O)c1ccc2[nH]c3c(c(=O)c2c1)CSCC3C(N)=O. The van der Waals surface area contributed by atoms with Crippen LogP contribution in [0.4, 0.5) is 0 Å². The van der Waals surface area contributed by atoms with Crippen molar-refractivity contribution in [2.24, 2.45) is 5.73 Å². The quantitative estimate of drug-likeness (QED) is 0.830. The number of primary amides is 1. The van der Waals surface area contributed by atoms with E-state index in [0.717, 1.165) is 0 Å². The van der Waals surface area contributed by atoms with E-state index in [-0.39, 0.29) is 12.0 Å². The van der Waals surface area contributed by atoms with Gasteiger partial charge in [0.1, 0.15) is 0 Å². The number of fused-ring (bicyclic) bond motifs is 2. The van der Waals surface area contributed by atoms with Gasteiger partial charge in [-0.15, -0.1) is 0 Å². The van der Waals surface area contributed by atoms with Crippen LogP contribution in [0.1, 0.15) is 34.5 Å². The molecular weight excluding hydrogens is 316 g/mol. The van der Waals surface area contributed by atoms with Gasteiger partial charge in [0.2, 0.25) is 5.91 Å². The molecule has 1 atom stereocenters. The molecule has 3 N–H and O–H groups in total. The van der Waals surface area contributed by atoms with Gasteiger partial charge in [-0.1, -0.05) is 0 Å². The van der Waals surface area contributed by atoms with E-state index in [9.17, 15) is 14.4 Å². The maximum Gasteiger partial charge on any atom is 0.338 e. The molecule has 7 heteroatoms. The van der Waals surface area contributed by atoms with Crippen molar-refractivity contribution < 1.29 is 14.3 Å². The van der Waals surface area contributed by atoms with Gasteiger partial charge in [-0.3, -0.25) is 9.59 Å². The van der Waals surface area contributed by atoms with Gasteiger partial charge < -0.3 is 15.5 Å². The van der Waals surface area contributed by atoms with Gasteiger partial charge in [-0.25, -0.2) is 4.79 Å². The van der Waals surface area contributed by atoms with Crippen LogP contribution in [0.5, 0.6) is 0 Å². The molecule has 1 aliphatic rings. The number of esters is 1. The molecule has 2 heterocycles. The monoisotopic (exact) mass is 332 g/mol. The Morgan fingerprint density at radius 1 is 1.43 bits per heavy atom. The van der Waals surface area contributed by atoms with Crippen molar-refractivity contribution in [2.45, 2.75) is 18.6 Å². The van der Waals surface area contributed by atoms with Crippen LogP contribution in [0, 0.1) is 0 Å². The number of aromatic nitrogens is 1. The summed E-state index contributed by atoms with van der Waals surface area (Å²) >= 11 is 1.50. The standard InChI is InChI=1S/C16H16N2O4S/c1-2-22-16(21)8-3-4-12-9(5-8)14(19)10-6-23-7-11(15(17)20)13(10)18-12/h3-5,11H,2,6-7H2,1H3,(H2,17,20)(H,18,19). The van der Waals surface area contributed by atoms with Crippen molar-refractivity contribution in [3.05, 3.63) is 45.2 Å². The fourth-order valence-electron chi connectivity index (χ4n) is 2.72. The maximum atomic E-state index is 12.7. The molecule has 2 aromatic rings. The summed E-state index contributed by atoms with van der Waals surface area (Å²) in [5.74, 6) is -0.322. The normalized spacial score (nSPS) is 16.8. The minimum Gasteiger partial charge on any atom is -0.462 e. The van der Waals surface area contributed by atoms with Gasteiger partial charge in [0.05, 0.1) is 18.1 Å². The third-order valence-electron chi connectivity index (χ3n) is 3.87. The Labute approximate surface area is 136 Å². The molecule has 1 unspecified atom stereocenters. The predicted octanol–water partition coefficient (Wildman–Crippen LogP) is 1.52. The molecular formula is C16H16N2O4S. The fraction of sp³-hybridized carbons (Fsp3) is 0.312. The van der Waals surface area contributed by atoms with Gasteiger partial charge in [0.25, 0.3) is 0 Å². The minimum atomic E-state index is -0.495. The lowest BCUT2D eigenvalue weighted by atomic mass is 9.98. The van der Waals surface area contributed by atoms with Crippen LogP contribution in [0.2, 0.25) is 0 Å². The van der Waals surface area contributed by atoms with E-state index >= 15 is 0 Å². The zero-order valence-electron chi connectivity index (χ0n) is 12.5. The minimum absolute atomic E-state index is 0.168. The number of carbonyl (C=O) groups is 2. The van der Waals surface area contributed by atoms with Gasteiger partial charge >= 0.3 is 5.97 Å². The van der Waals surface area contributed by atoms with E-state index in [2.05, 4.69) is 4.98 Å². The molecule has 1 aromatic heterocycles. The summed E-state index contributed by atoms with van der Waals surface area (Å²) < 4.78 is 4.96. The summed E-state index contributed by atoms with van der Waals surface area (Å²) in [4.78, 5) is 39.3. The highest BCUT2D eigenvalue weighted by Gasteiger charge is 2.28. The van der Waals surface area contributed by atoms with Gasteiger partial charge in [0, 0.05) is 33.7 Å². The summed E-state index contributed by atoms with van der Waals surface area (Å²) in [7, 11) is 0. The number of benzene rings is 1. The summed E-state index contributed by atoms with van der Waals surface area (Å²) in [6, 6.07) is 4.79. The van der Waals surface area contributed by atoms with Crippen LogP contribution in [0.25, 0.3) is 10.9 Å². The first-order valence-corrected chi connectivity index (χ1v) is 8.41. The molecule has 23 heavy (non-hydrogen) atoms. The summed E-state index contributed by atoms with van der Waals surface area (Å²) in [6.45, 7) is 2.00. The van der Waals surface area contributed by atoms with E-state index in [4.69, 9.17) is 10.5 Å². The highest BCUT2D eigenvalue weighted by Crippen LogP contribution is 2.31. The van der Waals surface area contributed by atoms with Gasteiger partial charge in [0.15, 0.2) is 5.43 Å². The van der Waals surface area contributed by atoms with Crippen LogP contribution in [-0.4, -0.2) is 29.2 Å². The molecule has 0 saturated carbocycles. The Morgan fingerprint density at radius 2 is 2.22 bits per heavy atom. The molecule has 0 saturated heterocycles. The first-order valence-electron chi connectivity index (χ1n) is 7.26. The van der Waals surface area contributed by atoms with E-state index in [0.29, 0.717) is 39.2 Å². The third-order valence-corrected chi connectivity index (χ3v) is 4.93. The molecule has 0 bridgehead atoms. The number of hydrogen-bond acceptors (Lipinski definition) is 5. The highest BCUT2D eigenvalue weighted by molar-refractivity contribution is 7.98. The summed E-state index contributed by atoms with van der Waals surface area (Å²) in [6.07, 6.45) is 0. The van der Waals surface area contributed by atoms with Crippen LogP contribution in [0.15, 0.2) is 23.0 Å². The zero-order chi connectivity index (χ0) is 16.6. The van der Waals surface area contributed by atoms with E-state index in [1.54, 1.807) is 19.1 Å². The largest absolute Gasteiger partial charge is 0.462 e. The lowest BCUT2D eigenvalue weighted by Crippen LogP contribution is -2.30. The van der Waals surface area contributed by atoms with Gasteiger partial charge in [-0.05, 0) is 25.1 Å².